The second kappa shape index (κ2) is 7.08. The summed E-state index contributed by atoms with van der Waals surface area (Å²) in [7, 11) is 1.31. The molecule has 0 fully saturated rings. The average molecular weight is 294 g/mol. The van der Waals surface area contributed by atoms with E-state index in [0.717, 1.165) is 0 Å². The van der Waals surface area contributed by atoms with E-state index in [0.29, 0.717) is 11.1 Å². The first-order valence-corrected chi connectivity index (χ1v) is 6.64. The van der Waals surface area contributed by atoms with Gasteiger partial charge in [0.05, 0.1) is 18.7 Å². The molecule has 6 nitrogen and oxygen atoms in total. The lowest BCUT2D eigenvalue weighted by Crippen LogP contribution is -2.37. The highest BCUT2D eigenvalue weighted by Gasteiger charge is 2.20. The molecule has 0 saturated carbocycles. The summed E-state index contributed by atoms with van der Waals surface area (Å²) in [6.45, 7) is 5.52. The second-order valence-electron chi connectivity index (χ2n) is 5.55. The number of carbonyl (C=O) groups excluding carboxylic acids is 2. The minimum absolute atomic E-state index is 0.184. The molecule has 116 valence electrons. The Hall–Kier alpha value is -2.08. The predicted octanol–water partition coefficient (Wildman–Crippen LogP) is 2.00. The van der Waals surface area contributed by atoms with E-state index in [4.69, 9.17) is 10.5 Å². The minimum Gasteiger partial charge on any atom is -0.465 e. The van der Waals surface area contributed by atoms with Crippen LogP contribution in [0.3, 0.4) is 0 Å². The van der Waals surface area contributed by atoms with Crippen molar-refractivity contribution in [3.8, 4) is 0 Å². The molecule has 1 amide bonds. The van der Waals surface area contributed by atoms with E-state index in [1.807, 2.05) is 0 Å². The van der Waals surface area contributed by atoms with Gasteiger partial charge < -0.3 is 20.5 Å². The molecular formula is C15H22N2O4. The fourth-order valence-electron chi connectivity index (χ4n) is 1.73. The lowest BCUT2D eigenvalue weighted by Gasteiger charge is -2.23. The number of alkyl carbamates (subject to hydrolysis) is 1. The lowest BCUT2D eigenvalue weighted by molar-refractivity contribution is 0.0505. The topological polar surface area (TPSA) is 90.6 Å². The third-order valence-electron chi connectivity index (χ3n) is 2.64. The molecular weight excluding hydrogens is 272 g/mol. The van der Waals surface area contributed by atoms with E-state index < -0.39 is 23.7 Å². The number of nitrogens with two attached hydrogens (primary N) is 1. The van der Waals surface area contributed by atoms with Gasteiger partial charge in [-0.3, -0.25) is 0 Å². The zero-order chi connectivity index (χ0) is 16.0. The number of hydrogen-bond acceptors (Lipinski definition) is 5. The van der Waals surface area contributed by atoms with E-state index in [1.54, 1.807) is 45.0 Å². The molecule has 0 spiro atoms. The molecule has 0 heterocycles. The SMILES string of the molecule is COC(=O)c1cccc(C(CN)NC(=O)OC(C)(C)C)c1. The molecule has 1 rings (SSSR count). The van der Waals surface area contributed by atoms with Crippen LogP contribution >= 0.6 is 0 Å². The molecule has 1 atom stereocenters. The number of rotatable bonds is 4. The van der Waals surface area contributed by atoms with Gasteiger partial charge in [0.15, 0.2) is 0 Å². The van der Waals surface area contributed by atoms with E-state index in [9.17, 15) is 9.59 Å². The zero-order valence-corrected chi connectivity index (χ0v) is 12.8. The maximum Gasteiger partial charge on any atom is 0.408 e. The largest absolute Gasteiger partial charge is 0.465 e. The standard InChI is InChI=1S/C15H22N2O4/c1-15(2,3)21-14(19)17-12(9-16)10-6-5-7-11(8-10)13(18)20-4/h5-8,12H,9,16H2,1-4H3,(H,17,19). The first-order chi connectivity index (χ1) is 9.76. The Morgan fingerprint density at radius 3 is 2.52 bits per heavy atom. The third kappa shape index (κ3) is 5.43. The van der Waals surface area contributed by atoms with Gasteiger partial charge >= 0.3 is 12.1 Å². The molecule has 0 aliphatic rings. The van der Waals surface area contributed by atoms with Crippen molar-refractivity contribution in [2.75, 3.05) is 13.7 Å². The first-order valence-electron chi connectivity index (χ1n) is 6.64. The summed E-state index contributed by atoms with van der Waals surface area (Å²) in [5, 5.41) is 2.69. The molecule has 0 aromatic heterocycles. The van der Waals surface area contributed by atoms with Crippen LogP contribution in [0.5, 0.6) is 0 Å². The summed E-state index contributed by atoms with van der Waals surface area (Å²) in [6, 6.07) is 6.32. The van der Waals surface area contributed by atoms with Crippen LogP contribution < -0.4 is 11.1 Å². The molecule has 21 heavy (non-hydrogen) atoms. The summed E-state index contributed by atoms with van der Waals surface area (Å²) in [4.78, 5) is 23.3. The number of carbonyl (C=O) groups is 2. The average Bonchev–Trinajstić information content (AvgIpc) is 2.42. The molecule has 0 saturated heterocycles. The Morgan fingerprint density at radius 1 is 1.33 bits per heavy atom. The Morgan fingerprint density at radius 2 is 2.00 bits per heavy atom. The van der Waals surface area contributed by atoms with Crippen molar-refractivity contribution in [1.29, 1.82) is 0 Å². The Bertz CT molecular complexity index is 509. The third-order valence-corrected chi connectivity index (χ3v) is 2.64. The lowest BCUT2D eigenvalue weighted by atomic mass is 10.0. The van der Waals surface area contributed by atoms with E-state index in [-0.39, 0.29) is 6.54 Å². The number of esters is 1. The number of benzene rings is 1. The molecule has 1 aromatic rings. The highest BCUT2D eigenvalue weighted by Crippen LogP contribution is 2.16. The van der Waals surface area contributed by atoms with Gasteiger partial charge in [-0.05, 0) is 38.5 Å². The Labute approximate surface area is 124 Å². The van der Waals surface area contributed by atoms with Gasteiger partial charge in [-0.15, -0.1) is 0 Å². The highest BCUT2D eigenvalue weighted by atomic mass is 16.6. The summed E-state index contributed by atoms with van der Waals surface area (Å²) < 4.78 is 9.86. The van der Waals surface area contributed by atoms with Crippen molar-refractivity contribution in [1.82, 2.24) is 5.32 Å². The van der Waals surface area contributed by atoms with Gasteiger partial charge in [-0.1, -0.05) is 12.1 Å². The maximum atomic E-state index is 11.8. The molecule has 0 aliphatic carbocycles. The quantitative estimate of drug-likeness (QED) is 0.829. The summed E-state index contributed by atoms with van der Waals surface area (Å²) >= 11 is 0. The number of methoxy groups -OCH3 is 1. The van der Waals surface area contributed by atoms with Crippen molar-refractivity contribution < 1.29 is 19.1 Å². The van der Waals surface area contributed by atoms with Crippen LogP contribution in [-0.4, -0.2) is 31.3 Å². The van der Waals surface area contributed by atoms with Crippen LogP contribution in [0.2, 0.25) is 0 Å². The van der Waals surface area contributed by atoms with Crippen molar-refractivity contribution in [3.05, 3.63) is 35.4 Å². The van der Waals surface area contributed by atoms with Crippen molar-refractivity contribution in [2.24, 2.45) is 5.73 Å². The highest BCUT2D eigenvalue weighted by molar-refractivity contribution is 5.89. The molecule has 1 aromatic carbocycles. The van der Waals surface area contributed by atoms with Gasteiger partial charge in [-0.2, -0.15) is 0 Å². The molecule has 0 radical (unpaired) electrons. The van der Waals surface area contributed by atoms with Crippen LogP contribution in [0, 0.1) is 0 Å². The van der Waals surface area contributed by atoms with Crippen molar-refractivity contribution in [3.63, 3.8) is 0 Å². The smallest absolute Gasteiger partial charge is 0.408 e. The molecule has 1 unspecified atom stereocenters. The Balaban J connectivity index is 2.85. The van der Waals surface area contributed by atoms with Gasteiger partial charge in [0.2, 0.25) is 0 Å². The van der Waals surface area contributed by atoms with Gasteiger partial charge in [-0.25, -0.2) is 9.59 Å². The summed E-state index contributed by atoms with van der Waals surface area (Å²) in [5.41, 5.74) is 6.22. The van der Waals surface area contributed by atoms with E-state index in [2.05, 4.69) is 10.1 Å². The van der Waals surface area contributed by atoms with E-state index >= 15 is 0 Å². The Kier molecular flexibility index (Phi) is 5.72. The fourth-order valence-corrected chi connectivity index (χ4v) is 1.73. The van der Waals surface area contributed by atoms with Crippen LogP contribution in [0.4, 0.5) is 4.79 Å². The van der Waals surface area contributed by atoms with Gasteiger partial charge in [0, 0.05) is 6.54 Å². The van der Waals surface area contributed by atoms with E-state index in [1.165, 1.54) is 7.11 Å². The van der Waals surface area contributed by atoms with Crippen LogP contribution in [0.25, 0.3) is 0 Å². The minimum atomic E-state index is -0.586. The van der Waals surface area contributed by atoms with Crippen LogP contribution in [0.15, 0.2) is 24.3 Å². The zero-order valence-electron chi connectivity index (χ0n) is 12.8. The summed E-state index contributed by atoms with van der Waals surface area (Å²) in [5.74, 6) is -0.440. The molecule has 0 bridgehead atoms. The predicted molar refractivity (Wildman–Crippen MR) is 78.9 cm³/mol. The van der Waals surface area contributed by atoms with Crippen molar-refractivity contribution >= 4 is 12.1 Å². The maximum absolute atomic E-state index is 11.8. The summed E-state index contributed by atoms with van der Waals surface area (Å²) in [6.07, 6.45) is -0.554. The fraction of sp³-hybridized carbons (Fsp3) is 0.467. The van der Waals surface area contributed by atoms with Crippen molar-refractivity contribution in [2.45, 2.75) is 32.4 Å². The van der Waals surface area contributed by atoms with Crippen LogP contribution in [0.1, 0.15) is 42.7 Å². The van der Waals surface area contributed by atoms with Gasteiger partial charge in [0.25, 0.3) is 0 Å². The monoisotopic (exact) mass is 294 g/mol. The molecule has 6 heteroatoms. The number of hydrogen-bond donors (Lipinski definition) is 2. The molecule has 3 N–H and O–H groups in total. The number of ether oxygens (including phenoxy) is 2. The normalized spacial score (nSPS) is 12.4. The van der Waals surface area contributed by atoms with Crippen LogP contribution in [-0.2, 0) is 9.47 Å². The first kappa shape index (κ1) is 17.0. The molecule has 0 aliphatic heterocycles. The number of nitrogens with one attached hydrogen (secondary N) is 1. The second-order valence-corrected chi connectivity index (χ2v) is 5.55. The number of amides is 1. The van der Waals surface area contributed by atoms with Gasteiger partial charge in [0.1, 0.15) is 5.60 Å².